The zero-order valence-electron chi connectivity index (χ0n) is 12.0. The third kappa shape index (κ3) is 2.44. The predicted molar refractivity (Wildman–Crippen MR) is 76.5 cm³/mol. The summed E-state index contributed by atoms with van der Waals surface area (Å²) in [5.74, 6) is -0.869. The van der Waals surface area contributed by atoms with E-state index in [9.17, 15) is 28.1 Å². The molecule has 0 amide bonds. The van der Waals surface area contributed by atoms with Gasteiger partial charge in [0.05, 0.1) is 4.92 Å². The molecule has 1 heterocycles. The summed E-state index contributed by atoms with van der Waals surface area (Å²) in [7, 11) is 0. The Bertz CT molecular complexity index is 789. The number of carbonyl (C=O) groups is 1. The van der Waals surface area contributed by atoms with Crippen molar-refractivity contribution >= 4 is 11.5 Å². The molecule has 8 heteroatoms. The number of rotatable bonds is 4. The summed E-state index contributed by atoms with van der Waals surface area (Å²) in [4.78, 5) is 22.3. The van der Waals surface area contributed by atoms with Crippen LogP contribution in [0.5, 0.6) is 0 Å². The molecule has 0 aromatic heterocycles. The zero-order chi connectivity index (χ0) is 17.5. The number of alkyl halides is 3. The molecule has 0 bridgehead atoms. The Morgan fingerprint density at radius 2 is 1.67 bits per heavy atom. The first kappa shape index (κ1) is 16.1. The quantitative estimate of drug-likeness (QED) is 0.370. The van der Waals surface area contributed by atoms with Crippen LogP contribution in [-0.2, 0) is 10.3 Å². The molecule has 24 heavy (non-hydrogen) atoms. The van der Waals surface area contributed by atoms with Crippen molar-refractivity contribution in [1.29, 1.82) is 0 Å². The number of halogens is 3. The van der Waals surface area contributed by atoms with Gasteiger partial charge in [-0.25, -0.2) is 0 Å². The maximum Gasteiger partial charge on any atom is 0.424 e. The van der Waals surface area contributed by atoms with Crippen molar-refractivity contribution in [3.8, 4) is 0 Å². The second kappa shape index (κ2) is 5.41. The van der Waals surface area contributed by atoms with E-state index in [4.69, 9.17) is 4.74 Å². The molecular weight excluding hydrogens is 327 g/mol. The number of ketones is 1. The van der Waals surface area contributed by atoms with Crippen molar-refractivity contribution in [2.75, 3.05) is 0 Å². The summed E-state index contributed by atoms with van der Waals surface area (Å²) in [6, 6.07) is 11.3. The van der Waals surface area contributed by atoms with Crippen molar-refractivity contribution in [1.82, 2.24) is 0 Å². The van der Waals surface area contributed by atoms with E-state index in [0.29, 0.717) is 0 Å². The summed E-state index contributed by atoms with van der Waals surface area (Å²) >= 11 is 0. The molecule has 1 saturated heterocycles. The average molecular weight is 337 g/mol. The van der Waals surface area contributed by atoms with E-state index in [0.717, 1.165) is 24.3 Å². The number of hydrogen-bond acceptors (Lipinski definition) is 4. The maximum atomic E-state index is 13.5. The molecule has 1 aliphatic rings. The largest absolute Gasteiger partial charge is 0.424 e. The van der Waals surface area contributed by atoms with Crippen LogP contribution in [0.1, 0.15) is 15.9 Å². The lowest BCUT2D eigenvalue weighted by Gasteiger charge is -2.17. The second-order valence-corrected chi connectivity index (χ2v) is 5.27. The Morgan fingerprint density at radius 1 is 1.08 bits per heavy atom. The smallest absolute Gasteiger partial charge is 0.343 e. The first-order valence-corrected chi connectivity index (χ1v) is 6.86. The monoisotopic (exact) mass is 337 g/mol. The molecule has 1 aliphatic heterocycles. The minimum atomic E-state index is -4.77. The Kier molecular flexibility index (Phi) is 3.64. The highest BCUT2D eigenvalue weighted by Crippen LogP contribution is 2.58. The normalized spacial score (nSPS) is 22.9. The maximum absolute atomic E-state index is 13.5. The Balaban J connectivity index is 1.93. The predicted octanol–water partition coefficient (Wildman–Crippen LogP) is 3.63. The summed E-state index contributed by atoms with van der Waals surface area (Å²) in [5.41, 5.74) is -3.16. The minimum absolute atomic E-state index is 0.0762. The van der Waals surface area contributed by atoms with Gasteiger partial charge in [0.1, 0.15) is 0 Å². The molecule has 2 atom stereocenters. The van der Waals surface area contributed by atoms with E-state index in [1.807, 2.05) is 0 Å². The van der Waals surface area contributed by atoms with Crippen LogP contribution >= 0.6 is 0 Å². The topological polar surface area (TPSA) is 72.7 Å². The molecule has 0 radical (unpaired) electrons. The lowest BCUT2D eigenvalue weighted by atomic mass is 9.91. The van der Waals surface area contributed by atoms with Crippen LogP contribution in [-0.4, -0.2) is 23.0 Å². The number of benzene rings is 2. The van der Waals surface area contributed by atoms with E-state index in [1.165, 1.54) is 24.3 Å². The van der Waals surface area contributed by atoms with Crippen LogP contribution in [0.25, 0.3) is 0 Å². The van der Waals surface area contributed by atoms with Gasteiger partial charge in [0.15, 0.2) is 11.9 Å². The number of hydrogen-bond donors (Lipinski definition) is 0. The molecule has 0 aliphatic carbocycles. The summed E-state index contributed by atoms with van der Waals surface area (Å²) in [5, 5.41) is 10.6. The van der Waals surface area contributed by atoms with Crippen molar-refractivity contribution in [2.24, 2.45) is 0 Å². The van der Waals surface area contributed by atoms with Gasteiger partial charge in [0.25, 0.3) is 5.69 Å². The summed E-state index contributed by atoms with van der Waals surface area (Å²) < 4.78 is 45.4. The zero-order valence-corrected chi connectivity index (χ0v) is 12.0. The molecule has 2 aromatic rings. The number of nitrogens with zero attached hydrogens (tertiary/aromatic N) is 1. The number of epoxide rings is 1. The van der Waals surface area contributed by atoms with Gasteiger partial charge in [0.2, 0.25) is 5.60 Å². The number of nitro benzene ring substituents is 1. The lowest BCUT2D eigenvalue weighted by Crippen LogP contribution is -2.35. The average Bonchev–Trinajstić information content (AvgIpc) is 3.32. The van der Waals surface area contributed by atoms with Crippen LogP contribution in [0.2, 0.25) is 0 Å². The lowest BCUT2D eigenvalue weighted by molar-refractivity contribution is -0.384. The standard InChI is InChI=1S/C16H10F3NO4/c17-16(18,19)15(11-4-2-1-3-5-11)14(24-15)13(21)10-6-8-12(9-7-10)20(22)23/h1-9,14H/t14-,15+/m1/s1. The van der Waals surface area contributed by atoms with Crippen LogP contribution < -0.4 is 0 Å². The molecule has 3 rings (SSSR count). The first-order chi connectivity index (χ1) is 11.3. The van der Waals surface area contributed by atoms with Gasteiger partial charge < -0.3 is 4.74 Å². The van der Waals surface area contributed by atoms with Gasteiger partial charge in [-0.15, -0.1) is 0 Å². The molecule has 2 aromatic carbocycles. The van der Waals surface area contributed by atoms with Crippen molar-refractivity contribution in [2.45, 2.75) is 17.9 Å². The van der Waals surface area contributed by atoms with Gasteiger partial charge in [0, 0.05) is 17.7 Å². The van der Waals surface area contributed by atoms with Gasteiger partial charge in [-0.1, -0.05) is 30.3 Å². The van der Waals surface area contributed by atoms with Crippen molar-refractivity contribution in [3.63, 3.8) is 0 Å². The fourth-order valence-corrected chi connectivity index (χ4v) is 2.57. The fourth-order valence-electron chi connectivity index (χ4n) is 2.57. The van der Waals surface area contributed by atoms with Crippen molar-refractivity contribution < 1.29 is 27.6 Å². The number of carbonyl (C=O) groups excluding carboxylic acids is 1. The van der Waals surface area contributed by atoms with Gasteiger partial charge in [-0.2, -0.15) is 13.2 Å². The molecule has 0 unspecified atom stereocenters. The molecule has 0 spiro atoms. The van der Waals surface area contributed by atoms with Crippen LogP contribution in [0.4, 0.5) is 18.9 Å². The molecule has 0 saturated carbocycles. The van der Waals surface area contributed by atoms with Crippen LogP contribution in [0.15, 0.2) is 54.6 Å². The highest BCUT2D eigenvalue weighted by Gasteiger charge is 2.76. The molecule has 0 N–H and O–H groups in total. The van der Waals surface area contributed by atoms with Crippen LogP contribution in [0, 0.1) is 10.1 Å². The molecule has 5 nitrogen and oxygen atoms in total. The Morgan fingerprint density at radius 3 is 2.17 bits per heavy atom. The van der Waals surface area contributed by atoms with E-state index in [2.05, 4.69) is 0 Å². The number of nitro groups is 1. The van der Waals surface area contributed by atoms with E-state index >= 15 is 0 Å². The third-order valence-electron chi connectivity index (χ3n) is 3.84. The number of Topliss-reactive ketones (excluding diaryl/α,β-unsaturated/α-hetero) is 1. The Labute approximate surface area is 133 Å². The van der Waals surface area contributed by atoms with Crippen LogP contribution in [0.3, 0.4) is 0 Å². The minimum Gasteiger partial charge on any atom is -0.343 e. The first-order valence-electron chi connectivity index (χ1n) is 6.86. The highest BCUT2D eigenvalue weighted by atomic mass is 19.4. The van der Waals surface area contributed by atoms with Crippen molar-refractivity contribution in [3.05, 3.63) is 75.8 Å². The Hall–Kier alpha value is -2.74. The van der Waals surface area contributed by atoms with E-state index < -0.39 is 28.6 Å². The molecule has 1 fully saturated rings. The van der Waals surface area contributed by atoms with Gasteiger partial charge in [-0.05, 0) is 17.7 Å². The summed E-state index contributed by atoms with van der Waals surface area (Å²) in [6.07, 6.45) is -6.48. The summed E-state index contributed by atoms with van der Waals surface area (Å²) in [6.45, 7) is 0. The van der Waals surface area contributed by atoms with E-state index in [-0.39, 0.29) is 16.8 Å². The third-order valence-corrected chi connectivity index (χ3v) is 3.84. The highest BCUT2D eigenvalue weighted by molar-refractivity contribution is 6.02. The number of ether oxygens (including phenoxy) is 1. The second-order valence-electron chi connectivity index (χ2n) is 5.27. The molecule has 124 valence electrons. The fraction of sp³-hybridized carbons (Fsp3) is 0.188. The van der Waals surface area contributed by atoms with Gasteiger partial charge >= 0.3 is 6.18 Å². The number of non-ortho nitro benzene ring substituents is 1. The molecular formula is C16H10F3NO4. The SMILES string of the molecule is O=C(c1ccc([N+](=O)[O-])cc1)[C@H]1O[C@]1(c1ccccc1)C(F)(F)F. The van der Waals surface area contributed by atoms with Gasteiger partial charge in [-0.3, -0.25) is 14.9 Å². The van der Waals surface area contributed by atoms with E-state index in [1.54, 1.807) is 6.07 Å².